The van der Waals surface area contributed by atoms with Crippen molar-refractivity contribution >= 4 is 29.1 Å². The number of fused-ring (bicyclic) bond motifs is 2. The first-order valence-electron chi connectivity index (χ1n) is 11.8. The van der Waals surface area contributed by atoms with E-state index in [1.807, 2.05) is 32.0 Å². The first-order chi connectivity index (χ1) is 15.7. The molecule has 2 aliphatic heterocycles. The summed E-state index contributed by atoms with van der Waals surface area (Å²) in [5.74, 6) is -0.0289. The summed E-state index contributed by atoms with van der Waals surface area (Å²) in [6.07, 6.45) is 2.91. The average Bonchev–Trinajstić information content (AvgIpc) is 3.00. The Kier molecular flexibility index (Phi) is 9.78. The maximum absolute atomic E-state index is 12.7. The van der Waals surface area contributed by atoms with E-state index in [1.54, 1.807) is 11.8 Å². The van der Waals surface area contributed by atoms with Crippen molar-refractivity contribution in [2.24, 2.45) is 4.99 Å². The lowest BCUT2D eigenvalue weighted by Gasteiger charge is -2.26. The molecule has 0 radical (unpaired) electrons. The zero-order valence-corrected chi connectivity index (χ0v) is 20.3. The van der Waals surface area contributed by atoms with Gasteiger partial charge in [-0.05, 0) is 43.7 Å². The van der Waals surface area contributed by atoms with Crippen LogP contribution < -0.4 is 5.32 Å². The fraction of sp³-hybridized carbons (Fsp3) is 0.462. The largest absolute Gasteiger partial charge is 0.379 e. The van der Waals surface area contributed by atoms with Crippen molar-refractivity contribution in [3.8, 4) is 0 Å². The van der Waals surface area contributed by atoms with Crippen LogP contribution in [0.25, 0.3) is 0 Å². The van der Waals surface area contributed by atoms with Gasteiger partial charge in [0, 0.05) is 46.3 Å². The molecule has 0 atom stereocenters. The van der Waals surface area contributed by atoms with Gasteiger partial charge in [0.2, 0.25) is 0 Å². The molecule has 0 aromatic heterocycles. The monoisotopic (exact) mass is 453 g/mol. The standard InChI is InChI=1S/C24H29N3O2S.C2H6/c1-2-6-20-19-7-3-4-8-22(19)30-23-10-9-18(17-21(23)26-20)24(28)25-11-5-12-27-13-15-29-16-14-27;1-2/h3-4,7-10,17H,2,5-6,11-16H2,1H3,(H,25,28);1-2H3. The topological polar surface area (TPSA) is 53.9 Å². The SMILES string of the molecule is CC.CCCC1=Nc2cc(C(=O)NCCCN3CCOCC3)ccc2Sc2ccccc21. The number of carbonyl (C=O) groups is 1. The second-order valence-corrected chi connectivity index (χ2v) is 8.74. The van der Waals surface area contributed by atoms with Gasteiger partial charge in [-0.25, -0.2) is 0 Å². The van der Waals surface area contributed by atoms with Gasteiger partial charge in [0.1, 0.15) is 0 Å². The van der Waals surface area contributed by atoms with Gasteiger partial charge in [0.05, 0.1) is 18.9 Å². The van der Waals surface area contributed by atoms with Gasteiger partial charge in [-0.15, -0.1) is 0 Å². The van der Waals surface area contributed by atoms with E-state index in [1.165, 1.54) is 10.5 Å². The van der Waals surface area contributed by atoms with E-state index in [9.17, 15) is 4.79 Å². The molecule has 1 fully saturated rings. The van der Waals surface area contributed by atoms with Crippen molar-refractivity contribution in [2.45, 2.75) is 49.8 Å². The summed E-state index contributed by atoms with van der Waals surface area (Å²) >= 11 is 1.73. The molecule has 1 N–H and O–H groups in total. The second-order valence-electron chi connectivity index (χ2n) is 7.65. The molecule has 0 unspecified atom stereocenters. The van der Waals surface area contributed by atoms with Crippen LogP contribution in [0, 0.1) is 0 Å². The van der Waals surface area contributed by atoms with Gasteiger partial charge in [0.25, 0.3) is 5.91 Å². The van der Waals surface area contributed by atoms with Crippen LogP contribution in [-0.4, -0.2) is 55.9 Å². The van der Waals surface area contributed by atoms with E-state index in [0.717, 1.165) is 68.4 Å². The number of morpholine rings is 1. The maximum Gasteiger partial charge on any atom is 0.251 e. The number of hydrogen-bond acceptors (Lipinski definition) is 5. The van der Waals surface area contributed by atoms with Gasteiger partial charge < -0.3 is 10.1 Å². The molecule has 0 bridgehead atoms. The second kappa shape index (κ2) is 12.8. The Morgan fingerprint density at radius 3 is 2.69 bits per heavy atom. The molecular weight excluding hydrogens is 418 g/mol. The van der Waals surface area contributed by atoms with Crippen molar-refractivity contribution in [2.75, 3.05) is 39.4 Å². The molecule has 1 saturated heterocycles. The number of rotatable bonds is 7. The molecule has 0 aliphatic carbocycles. The number of aliphatic imine (C=N–C) groups is 1. The zero-order chi connectivity index (χ0) is 22.8. The van der Waals surface area contributed by atoms with E-state index in [2.05, 4.69) is 41.4 Å². The first-order valence-corrected chi connectivity index (χ1v) is 12.6. The average molecular weight is 454 g/mol. The van der Waals surface area contributed by atoms with Crippen LogP contribution in [0.4, 0.5) is 5.69 Å². The van der Waals surface area contributed by atoms with Crippen LogP contribution in [0.5, 0.6) is 0 Å². The number of carbonyl (C=O) groups excluding carboxylic acids is 1. The van der Waals surface area contributed by atoms with Crippen LogP contribution in [0.2, 0.25) is 0 Å². The van der Waals surface area contributed by atoms with Crippen molar-refractivity contribution in [3.05, 3.63) is 53.6 Å². The van der Waals surface area contributed by atoms with Crippen molar-refractivity contribution in [1.82, 2.24) is 10.2 Å². The molecule has 32 heavy (non-hydrogen) atoms. The minimum absolute atomic E-state index is 0.0289. The minimum Gasteiger partial charge on any atom is -0.379 e. The van der Waals surface area contributed by atoms with E-state index in [0.29, 0.717) is 12.1 Å². The summed E-state index contributed by atoms with van der Waals surface area (Å²) in [5, 5.41) is 3.06. The van der Waals surface area contributed by atoms with Gasteiger partial charge >= 0.3 is 0 Å². The van der Waals surface area contributed by atoms with Gasteiger partial charge in [-0.2, -0.15) is 0 Å². The third kappa shape index (κ3) is 6.44. The van der Waals surface area contributed by atoms with Crippen LogP contribution in [0.1, 0.15) is 56.0 Å². The Bertz CT molecular complexity index is 923. The smallest absolute Gasteiger partial charge is 0.251 e. The van der Waals surface area contributed by atoms with Gasteiger partial charge in [-0.3, -0.25) is 14.7 Å². The van der Waals surface area contributed by atoms with Crippen molar-refractivity contribution in [3.63, 3.8) is 0 Å². The number of benzene rings is 2. The van der Waals surface area contributed by atoms with Crippen LogP contribution in [0.15, 0.2) is 57.2 Å². The third-order valence-corrected chi connectivity index (χ3v) is 6.56. The predicted molar refractivity (Wildman–Crippen MR) is 134 cm³/mol. The number of ether oxygens (including phenoxy) is 1. The third-order valence-electron chi connectivity index (χ3n) is 5.42. The highest BCUT2D eigenvalue weighted by Crippen LogP contribution is 2.41. The Labute approximate surface area is 196 Å². The molecule has 172 valence electrons. The Morgan fingerprint density at radius 1 is 1.12 bits per heavy atom. The Morgan fingerprint density at radius 2 is 1.91 bits per heavy atom. The van der Waals surface area contributed by atoms with E-state index in [4.69, 9.17) is 9.73 Å². The molecule has 2 aliphatic rings. The number of hydrogen-bond donors (Lipinski definition) is 1. The molecule has 2 heterocycles. The number of nitrogens with one attached hydrogen (secondary N) is 1. The highest BCUT2D eigenvalue weighted by Gasteiger charge is 2.18. The fourth-order valence-corrected chi connectivity index (χ4v) is 4.83. The first kappa shape index (κ1) is 24.5. The molecule has 2 aromatic carbocycles. The Balaban J connectivity index is 0.00000141. The summed E-state index contributed by atoms with van der Waals surface area (Å²) in [6, 6.07) is 14.3. The lowest BCUT2D eigenvalue weighted by atomic mass is 10.1. The van der Waals surface area contributed by atoms with Crippen LogP contribution in [-0.2, 0) is 4.74 Å². The van der Waals surface area contributed by atoms with Crippen molar-refractivity contribution in [1.29, 1.82) is 0 Å². The van der Waals surface area contributed by atoms with E-state index in [-0.39, 0.29) is 5.91 Å². The Hall–Kier alpha value is -2.15. The molecule has 0 saturated carbocycles. The lowest BCUT2D eigenvalue weighted by molar-refractivity contribution is 0.0374. The highest BCUT2D eigenvalue weighted by molar-refractivity contribution is 7.99. The summed E-state index contributed by atoms with van der Waals surface area (Å²) in [7, 11) is 0. The summed E-state index contributed by atoms with van der Waals surface area (Å²) in [6.45, 7) is 11.4. The minimum atomic E-state index is -0.0289. The molecule has 6 heteroatoms. The summed E-state index contributed by atoms with van der Waals surface area (Å²) in [5.41, 5.74) is 3.86. The highest BCUT2D eigenvalue weighted by atomic mass is 32.2. The van der Waals surface area contributed by atoms with Crippen LogP contribution in [0.3, 0.4) is 0 Å². The normalized spacial score (nSPS) is 15.4. The number of amides is 1. The van der Waals surface area contributed by atoms with Gasteiger partial charge in [-0.1, -0.05) is 57.2 Å². The molecule has 0 spiro atoms. The van der Waals surface area contributed by atoms with Crippen molar-refractivity contribution < 1.29 is 9.53 Å². The fourth-order valence-electron chi connectivity index (χ4n) is 3.81. The molecule has 4 rings (SSSR count). The molecule has 5 nitrogen and oxygen atoms in total. The predicted octanol–water partition coefficient (Wildman–Crippen LogP) is 5.55. The quantitative estimate of drug-likeness (QED) is 0.559. The maximum atomic E-state index is 12.7. The molecule has 1 amide bonds. The molecular formula is C26H35N3O2S. The zero-order valence-electron chi connectivity index (χ0n) is 19.5. The van der Waals surface area contributed by atoms with E-state index >= 15 is 0 Å². The molecule has 2 aromatic rings. The number of nitrogens with zero attached hydrogens (tertiary/aromatic N) is 2. The summed E-state index contributed by atoms with van der Waals surface area (Å²) < 4.78 is 5.38. The van der Waals surface area contributed by atoms with Crippen LogP contribution >= 0.6 is 11.8 Å². The van der Waals surface area contributed by atoms with Gasteiger partial charge in [0.15, 0.2) is 0 Å². The van der Waals surface area contributed by atoms with E-state index < -0.39 is 0 Å². The lowest BCUT2D eigenvalue weighted by Crippen LogP contribution is -2.38. The summed E-state index contributed by atoms with van der Waals surface area (Å²) in [4.78, 5) is 22.4.